The normalized spacial score (nSPS) is 12.5. The molecular formula is C108H74N8. The van der Waals surface area contributed by atoms with Crippen LogP contribution in [-0.4, -0.2) is 39.9 Å². The summed E-state index contributed by atoms with van der Waals surface area (Å²) < 4.78 is 0. The van der Waals surface area contributed by atoms with Crippen molar-refractivity contribution in [1.82, 2.24) is 39.9 Å². The van der Waals surface area contributed by atoms with E-state index in [0.29, 0.717) is 34.9 Å². The van der Waals surface area contributed by atoms with Crippen molar-refractivity contribution >= 4 is 10.8 Å². The second kappa shape index (κ2) is 29.8. The van der Waals surface area contributed by atoms with Gasteiger partial charge < -0.3 is 0 Å². The fourth-order valence-electron chi connectivity index (χ4n) is 17.2. The summed E-state index contributed by atoms with van der Waals surface area (Å²) >= 11 is 0. The molecule has 8 nitrogen and oxygen atoms in total. The Kier molecular flexibility index (Phi) is 18.0. The minimum atomic E-state index is -0.423. The summed E-state index contributed by atoms with van der Waals surface area (Å²) in [5.74, 6) is 3.77. The van der Waals surface area contributed by atoms with Crippen molar-refractivity contribution in [1.29, 1.82) is 0 Å². The van der Waals surface area contributed by atoms with Crippen LogP contribution in [0.15, 0.2) is 413 Å². The molecule has 4 aromatic heterocycles. The van der Waals surface area contributed by atoms with Gasteiger partial charge in [0.25, 0.3) is 0 Å². The third-order valence-electron chi connectivity index (χ3n) is 22.9. The van der Waals surface area contributed by atoms with E-state index in [2.05, 4.69) is 339 Å². The molecule has 0 radical (unpaired) electrons. The van der Waals surface area contributed by atoms with Crippen molar-refractivity contribution in [2.45, 2.75) is 24.7 Å². The topological polar surface area (TPSA) is 103 Å². The van der Waals surface area contributed by atoms with Gasteiger partial charge in [0.05, 0.1) is 5.41 Å². The molecule has 4 heterocycles. The van der Waals surface area contributed by atoms with Crippen LogP contribution in [0.2, 0.25) is 0 Å². The van der Waals surface area contributed by atoms with Crippen LogP contribution < -0.4 is 0 Å². The molecule has 0 fully saturated rings. The smallest absolute Gasteiger partial charge is 0.164 e. The van der Waals surface area contributed by atoms with Crippen molar-refractivity contribution < 1.29 is 0 Å². The molecule has 2 aliphatic rings. The van der Waals surface area contributed by atoms with E-state index in [0.717, 1.165) is 83.5 Å². The van der Waals surface area contributed by atoms with E-state index in [4.69, 9.17) is 29.9 Å². The van der Waals surface area contributed by atoms with E-state index >= 15 is 0 Å². The summed E-state index contributed by atoms with van der Waals surface area (Å²) in [7, 11) is 0. The zero-order chi connectivity index (χ0) is 77.5. The van der Waals surface area contributed by atoms with Crippen molar-refractivity contribution in [3.05, 3.63) is 446 Å². The summed E-state index contributed by atoms with van der Waals surface area (Å²) in [6.45, 7) is 4.69. The lowest BCUT2D eigenvalue weighted by Gasteiger charge is -2.33. The number of hydrogen-bond donors (Lipinski definition) is 0. The molecule has 0 atom stereocenters. The molecular weight excluding hydrogens is 1410 g/mol. The molecule has 19 aromatic rings. The number of pyridine rings is 2. The van der Waals surface area contributed by atoms with Crippen LogP contribution in [0, 0.1) is 0 Å². The van der Waals surface area contributed by atoms with Gasteiger partial charge in [-0.25, -0.2) is 29.9 Å². The monoisotopic (exact) mass is 1480 g/mol. The lowest BCUT2D eigenvalue weighted by Crippen LogP contribution is -2.28. The molecule has 8 heteroatoms. The van der Waals surface area contributed by atoms with Crippen LogP contribution in [0.5, 0.6) is 0 Å². The summed E-state index contributed by atoms with van der Waals surface area (Å²) in [4.78, 5) is 38.7. The van der Waals surface area contributed by atoms with Crippen LogP contribution in [0.3, 0.4) is 0 Å². The predicted molar refractivity (Wildman–Crippen MR) is 473 cm³/mol. The van der Waals surface area contributed by atoms with Gasteiger partial charge in [0.2, 0.25) is 0 Å². The quantitative estimate of drug-likeness (QED) is 0.106. The zero-order valence-corrected chi connectivity index (χ0v) is 63.8. The number of fused-ring (bicyclic) bond motifs is 8. The third kappa shape index (κ3) is 13.0. The van der Waals surface area contributed by atoms with E-state index in [1.807, 2.05) is 85.2 Å². The number of hydrogen-bond acceptors (Lipinski definition) is 8. The van der Waals surface area contributed by atoms with E-state index in [1.54, 1.807) is 12.4 Å². The molecule has 0 amide bonds. The molecule has 546 valence electrons. The first-order chi connectivity index (χ1) is 57.2. The van der Waals surface area contributed by atoms with Gasteiger partial charge in [0.15, 0.2) is 34.9 Å². The maximum Gasteiger partial charge on any atom is 0.164 e. The number of nitrogens with zero attached hydrogens (tertiary/aromatic N) is 8. The average Bonchev–Trinajstić information content (AvgIpc) is 1.53. The Labute approximate surface area is 674 Å². The lowest BCUT2D eigenvalue weighted by molar-refractivity contribution is 0.661. The third-order valence-corrected chi connectivity index (χ3v) is 22.9. The Balaban J connectivity index is 0.000000150. The van der Waals surface area contributed by atoms with Crippen molar-refractivity contribution in [2.75, 3.05) is 0 Å². The van der Waals surface area contributed by atoms with Crippen LogP contribution in [-0.2, 0) is 10.8 Å². The highest BCUT2D eigenvalue weighted by Crippen LogP contribution is 2.57. The van der Waals surface area contributed by atoms with Crippen molar-refractivity contribution in [3.8, 4) is 157 Å². The Hall–Kier alpha value is -15.1. The Bertz CT molecular complexity index is 6840. The molecule has 21 rings (SSSR count). The van der Waals surface area contributed by atoms with Crippen molar-refractivity contribution in [2.24, 2.45) is 0 Å². The van der Waals surface area contributed by atoms with Gasteiger partial charge in [-0.15, -0.1) is 0 Å². The molecule has 0 bridgehead atoms. The minimum Gasteiger partial charge on any atom is -0.264 e. The summed E-state index contributed by atoms with van der Waals surface area (Å²) in [5, 5.41) is 2.59. The fraction of sp³-hybridized carbons (Fsp3) is 0.0370. The second-order valence-corrected chi connectivity index (χ2v) is 30.2. The lowest BCUT2D eigenvalue weighted by atomic mass is 9.67. The van der Waals surface area contributed by atoms with E-state index in [9.17, 15) is 0 Å². The van der Waals surface area contributed by atoms with Crippen LogP contribution >= 0.6 is 0 Å². The van der Waals surface area contributed by atoms with Gasteiger partial charge in [0, 0.05) is 63.6 Å². The molecule has 0 saturated carbocycles. The average molecular weight is 1480 g/mol. The second-order valence-electron chi connectivity index (χ2n) is 30.2. The Morgan fingerprint density at radius 1 is 0.198 bits per heavy atom. The minimum absolute atomic E-state index is 0.0614. The number of benzene rings is 15. The molecule has 15 aromatic carbocycles. The first kappa shape index (κ1) is 70.0. The first-order valence-electron chi connectivity index (χ1n) is 39.3. The molecule has 0 N–H and O–H groups in total. The summed E-state index contributed by atoms with van der Waals surface area (Å²) in [6, 6.07) is 138. The van der Waals surface area contributed by atoms with Crippen molar-refractivity contribution in [3.63, 3.8) is 0 Å². The molecule has 0 saturated heterocycles. The highest BCUT2D eigenvalue weighted by atomic mass is 15.0. The van der Waals surface area contributed by atoms with E-state index in [1.165, 1.54) is 83.1 Å². The zero-order valence-electron chi connectivity index (χ0n) is 63.8. The standard InChI is InChI=1S/C57H38N4.C51H36N4/c1-4-15-40(16-5-1)54-59-55(41-30-28-39(29-31-41)47-21-14-34-58-38-47)61-56(60-54)46-20-13-19-44(36-46)42-17-12-18-43(35-42)45-32-33-53-51(37-45)50-26-10-11-27-52(50)57(53,48-22-6-2-7-23-48)49-24-8-3-9-25-49;1-51(2)45-26-25-40(31-44(45)47-43-19-7-6-11-34(43)24-27-46(47)51)38-15-8-14-37(29-38)39-16-9-17-41(30-39)50-54-48(35-12-4-3-5-13-35)53-49(55-50)36-22-20-33(21-23-36)42-18-10-28-52-32-42/h1-38H;3-32H,1-2H3. The van der Waals surface area contributed by atoms with E-state index < -0.39 is 5.41 Å². The van der Waals surface area contributed by atoms with Crippen LogP contribution in [0.1, 0.15) is 47.2 Å². The van der Waals surface area contributed by atoms with E-state index in [-0.39, 0.29) is 5.41 Å². The Morgan fingerprint density at radius 3 is 0.974 bits per heavy atom. The van der Waals surface area contributed by atoms with Gasteiger partial charge in [-0.3, -0.25) is 9.97 Å². The maximum absolute atomic E-state index is 5.07. The largest absolute Gasteiger partial charge is 0.264 e. The van der Waals surface area contributed by atoms with Gasteiger partial charge in [-0.2, -0.15) is 0 Å². The highest BCUT2D eigenvalue weighted by Gasteiger charge is 2.46. The molecule has 0 unspecified atom stereocenters. The molecule has 2 aliphatic carbocycles. The molecule has 0 aliphatic heterocycles. The molecule has 0 spiro atoms. The van der Waals surface area contributed by atoms with Gasteiger partial charge in [-0.1, -0.05) is 354 Å². The van der Waals surface area contributed by atoms with Crippen LogP contribution in [0.25, 0.3) is 168 Å². The van der Waals surface area contributed by atoms with Gasteiger partial charge in [0.1, 0.15) is 0 Å². The summed E-state index contributed by atoms with van der Waals surface area (Å²) in [5.41, 5.74) is 31.7. The highest BCUT2D eigenvalue weighted by molar-refractivity contribution is 6.03. The number of aromatic nitrogens is 8. The first-order valence-corrected chi connectivity index (χ1v) is 39.3. The van der Waals surface area contributed by atoms with Gasteiger partial charge >= 0.3 is 0 Å². The predicted octanol–water partition coefficient (Wildman–Crippen LogP) is 26.4. The molecule has 116 heavy (non-hydrogen) atoms. The Morgan fingerprint density at radius 2 is 0.517 bits per heavy atom. The summed E-state index contributed by atoms with van der Waals surface area (Å²) in [6.07, 6.45) is 7.32. The SMILES string of the molecule is CC1(C)c2ccc(-c3cccc(-c4cccc(-c5nc(-c6ccccc6)nc(-c6ccc(-c7cccnc7)cc6)n5)c4)c3)cc2-c2c1ccc1ccccc21.c1ccc(-c2nc(-c3ccc(-c4cccnc4)cc3)nc(-c3cccc(-c4cccc(-c5ccc6c(c5)-c5ccccc5C6(c5ccccc5)c5ccccc5)c4)c3)n2)cc1. The van der Waals surface area contributed by atoms with Crippen LogP contribution in [0.4, 0.5) is 0 Å². The number of rotatable bonds is 14. The fourth-order valence-corrected chi connectivity index (χ4v) is 17.2. The maximum atomic E-state index is 5.07. The van der Waals surface area contributed by atoms with Gasteiger partial charge in [-0.05, 0) is 182 Å².